The van der Waals surface area contributed by atoms with Crippen molar-refractivity contribution in [2.45, 2.75) is 12.8 Å². The van der Waals surface area contributed by atoms with Crippen LogP contribution in [0.3, 0.4) is 0 Å². The Morgan fingerprint density at radius 3 is 1.80 bits per heavy atom. The third-order valence-corrected chi connectivity index (χ3v) is 13.1. The minimum Gasteiger partial charge on any atom is -0.314 e. The zero-order chi connectivity index (χ0) is 42.4. The molecule has 64 heavy (non-hydrogen) atoms. The number of para-hydroxylation sites is 2. The first-order valence-electron chi connectivity index (χ1n) is 22.3. The average molecular weight is 817 g/mol. The Balaban J connectivity index is 0.934. The largest absolute Gasteiger partial charge is 0.314 e. The van der Waals surface area contributed by atoms with Crippen LogP contribution in [0.1, 0.15) is 18.4 Å². The summed E-state index contributed by atoms with van der Waals surface area (Å²) >= 11 is 0. The van der Waals surface area contributed by atoms with E-state index >= 15 is 0 Å². The van der Waals surface area contributed by atoms with Crippen molar-refractivity contribution >= 4 is 60.3 Å². The van der Waals surface area contributed by atoms with Crippen molar-refractivity contribution < 1.29 is 0 Å². The SMILES string of the molecule is C1=C(c2ccccc2)CCC(N(c2ccc(-c3ccc4c(ccc5ccccc54)c3)cc2)c2cccc(-c3cccc(-c4cccc5c4c4ccccc4n5-c4ccccc4)c3)c2)=C1. The number of rotatable bonds is 8. The number of benzene rings is 10. The maximum atomic E-state index is 2.46. The van der Waals surface area contributed by atoms with E-state index in [2.05, 4.69) is 252 Å². The Labute approximate surface area is 373 Å². The number of hydrogen-bond donors (Lipinski definition) is 0. The second-order valence-electron chi connectivity index (χ2n) is 16.8. The highest BCUT2D eigenvalue weighted by atomic mass is 15.1. The molecule has 0 saturated heterocycles. The average Bonchev–Trinajstić information content (AvgIpc) is 3.72. The molecular weight excluding hydrogens is 773 g/mol. The van der Waals surface area contributed by atoms with Crippen molar-refractivity contribution in [2.24, 2.45) is 0 Å². The summed E-state index contributed by atoms with van der Waals surface area (Å²) in [7, 11) is 0. The Morgan fingerprint density at radius 2 is 0.969 bits per heavy atom. The van der Waals surface area contributed by atoms with Crippen LogP contribution in [0.2, 0.25) is 0 Å². The molecule has 1 heterocycles. The van der Waals surface area contributed by atoms with Gasteiger partial charge in [0.25, 0.3) is 0 Å². The molecule has 10 aromatic carbocycles. The normalized spacial score (nSPS) is 12.8. The summed E-state index contributed by atoms with van der Waals surface area (Å²) in [6, 6.07) is 84.3. The van der Waals surface area contributed by atoms with Gasteiger partial charge in [0.1, 0.15) is 0 Å². The minimum atomic E-state index is 0.932. The van der Waals surface area contributed by atoms with E-state index in [1.54, 1.807) is 0 Å². The van der Waals surface area contributed by atoms with Crippen LogP contribution < -0.4 is 4.90 Å². The van der Waals surface area contributed by atoms with Crippen molar-refractivity contribution in [2.75, 3.05) is 4.90 Å². The number of anilines is 2. The third-order valence-electron chi connectivity index (χ3n) is 13.1. The van der Waals surface area contributed by atoms with Gasteiger partial charge in [-0.2, -0.15) is 0 Å². The monoisotopic (exact) mass is 816 g/mol. The highest BCUT2D eigenvalue weighted by Crippen LogP contribution is 2.42. The summed E-state index contributed by atoms with van der Waals surface area (Å²) in [4.78, 5) is 2.46. The van der Waals surface area contributed by atoms with Gasteiger partial charge in [-0.15, -0.1) is 0 Å². The molecule has 0 amide bonds. The van der Waals surface area contributed by atoms with Gasteiger partial charge in [-0.3, -0.25) is 0 Å². The molecule has 302 valence electrons. The molecule has 0 N–H and O–H groups in total. The second-order valence-corrected chi connectivity index (χ2v) is 16.8. The van der Waals surface area contributed by atoms with Crippen molar-refractivity contribution in [3.8, 4) is 39.1 Å². The quantitative estimate of drug-likeness (QED) is 0.139. The summed E-state index contributed by atoms with van der Waals surface area (Å²) < 4.78 is 2.39. The van der Waals surface area contributed by atoms with E-state index in [4.69, 9.17) is 0 Å². The van der Waals surface area contributed by atoms with Crippen molar-refractivity contribution in [1.29, 1.82) is 0 Å². The molecule has 1 aliphatic rings. The van der Waals surface area contributed by atoms with Gasteiger partial charge in [0, 0.05) is 33.5 Å². The Kier molecular flexibility index (Phi) is 9.34. The minimum absolute atomic E-state index is 0.932. The topological polar surface area (TPSA) is 8.17 Å². The van der Waals surface area contributed by atoms with Crippen LogP contribution in [0, 0.1) is 0 Å². The Bertz CT molecular complexity index is 3590. The molecule has 0 unspecified atom stereocenters. The molecule has 0 atom stereocenters. The molecule has 2 heteroatoms. The predicted molar refractivity (Wildman–Crippen MR) is 272 cm³/mol. The van der Waals surface area contributed by atoms with Crippen LogP contribution in [0.25, 0.3) is 88.0 Å². The predicted octanol–water partition coefficient (Wildman–Crippen LogP) is 17.0. The molecule has 0 spiro atoms. The van der Waals surface area contributed by atoms with Gasteiger partial charge in [0.2, 0.25) is 0 Å². The zero-order valence-corrected chi connectivity index (χ0v) is 35.4. The molecule has 11 aromatic rings. The summed E-state index contributed by atoms with van der Waals surface area (Å²) in [6.45, 7) is 0. The zero-order valence-electron chi connectivity index (χ0n) is 35.4. The van der Waals surface area contributed by atoms with E-state index in [1.165, 1.54) is 93.6 Å². The number of allylic oxidation sites excluding steroid dienone is 4. The number of nitrogens with zero attached hydrogens (tertiary/aromatic N) is 2. The maximum Gasteiger partial charge on any atom is 0.0547 e. The second kappa shape index (κ2) is 15.9. The van der Waals surface area contributed by atoms with Gasteiger partial charge in [0.15, 0.2) is 0 Å². The lowest BCUT2D eigenvalue weighted by Crippen LogP contribution is -2.18. The lowest BCUT2D eigenvalue weighted by molar-refractivity contribution is 0.930. The van der Waals surface area contributed by atoms with Gasteiger partial charge in [-0.05, 0) is 146 Å². The first-order chi connectivity index (χ1) is 31.7. The molecule has 0 saturated carbocycles. The highest BCUT2D eigenvalue weighted by Gasteiger charge is 2.20. The molecular formula is C62H44N2. The Hall–Kier alpha value is -8.20. The molecule has 1 aliphatic carbocycles. The number of hydrogen-bond acceptors (Lipinski definition) is 1. The molecule has 0 bridgehead atoms. The molecule has 0 radical (unpaired) electrons. The van der Waals surface area contributed by atoms with E-state index in [-0.39, 0.29) is 0 Å². The van der Waals surface area contributed by atoms with Gasteiger partial charge >= 0.3 is 0 Å². The molecule has 2 nitrogen and oxygen atoms in total. The summed E-state index contributed by atoms with van der Waals surface area (Å²) in [6.07, 6.45) is 6.55. The molecule has 1 aromatic heterocycles. The van der Waals surface area contributed by atoms with Crippen LogP contribution in [-0.2, 0) is 0 Å². The first-order valence-corrected chi connectivity index (χ1v) is 22.3. The molecule has 0 fully saturated rings. The fourth-order valence-corrected chi connectivity index (χ4v) is 9.99. The van der Waals surface area contributed by atoms with Crippen molar-refractivity contribution in [1.82, 2.24) is 4.57 Å². The van der Waals surface area contributed by atoms with Crippen LogP contribution in [0.5, 0.6) is 0 Å². The maximum absolute atomic E-state index is 2.46. The van der Waals surface area contributed by atoms with E-state index < -0.39 is 0 Å². The van der Waals surface area contributed by atoms with E-state index in [1.807, 2.05) is 0 Å². The number of aromatic nitrogens is 1. The van der Waals surface area contributed by atoms with E-state index in [0.717, 1.165) is 29.9 Å². The van der Waals surface area contributed by atoms with Gasteiger partial charge in [-0.25, -0.2) is 0 Å². The van der Waals surface area contributed by atoms with E-state index in [9.17, 15) is 0 Å². The third kappa shape index (κ3) is 6.68. The number of fused-ring (bicyclic) bond motifs is 6. The van der Waals surface area contributed by atoms with Crippen molar-refractivity contribution in [3.05, 3.63) is 254 Å². The fraction of sp³-hybridized carbons (Fsp3) is 0.0323. The van der Waals surface area contributed by atoms with Crippen LogP contribution >= 0.6 is 0 Å². The van der Waals surface area contributed by atoms with E-state index in [0.29, 0.717) is 0 Å². The fourth-order valence-electron chi connectivity index (χ4n) is 9.99. The molecule has 12 rings (SSSR count). The van der Waals surface area contributed by atoms with Crippen LogP contribution in [0.4, 0.5) is 11.4 Å². The summed E-state index contributed by atoms with van der Waals surface area (Å²) in [5.41, 5.74) is 17.0. The first kappa shape index (κ1) is 37.6. The van der Waals surface area contributed by atoms with Gasteiger partial charge < -0.3 is 9.47 Å². The standard InChI is InChI=1S/C62H44N2/c1-3-14-43(15-4-1)44-30-35-53(36-31-44)63(54-37-32-45(33-38-54)49-34-39-57-51(41-49)29-28-46-16-7-8-23-56(46)57)55-22-12-18-48(42-55)47-17-11-19-50(40-47)58-25-13-27-61-62(58)59-24-9-10-26-60(59)64(61)52-20-5-2-6-21-52/h1-30,32-35,37-42H,31,36H2. The summed E-state index contributed by atoms with van der Waals surface area (Å²) in [5.74, 6) is 0. The van der Waals surface area contributed by atoms with Crippen LogP contribution in [0.15, 0.2) is 248 Å². The highest BCUT2D eigenvalue weighted by molar-refractivity contribution is 6.16. The Morgan fingerprint density at radius 1 is 0.344 bits per heavy atom. The van der Waals surface area contributed by atoms with Crippen LogP contribution in [-0.4, -0.2) is 4.57 Å². The lowest BCUT2D eigenvalue weighted by atomic mass is 9.94. The van der Waals surface area contributed by atoms with Gasteiger partial charge in [-0.1, -0.05) is 176 Å². The van der Waals surface area contributed by atoms with Gasteiger partial charge in [0.05, 0.1) is 11.0 Å². The smallest absolute Gasteiger partial charge is 0.0547 e. The summed E-state index contributed by atoms with van der Waals surface area (Å²) in [5, 5.41) is 7.63. The van der Waals surface area contributed by atoms with Crippen molar-refractivity contribution in [3.63, 3.8) is 0 Å². The molecule has 0 aliphatic heterocycles. The lowest BCUT2D eigenvalue weighted by Gasteiger charge is -2.30.